The Morgan fingerprint density at radius 3 is 2.59 bits per heavy atom. The molecule has 0 aliphatic heterocycles. The van der Waals surface area contributed by atoms with E-state index in [0.29, 0.717) is 17.4 Å². The maximum absolute atomic E-state index is 12.8. The van der Waals surface area contributed by atoms with Gasteiger partial charge in [-0.3, -0.25) is 0 Å². The molecule has 5 heteroatoms. The van der Waals surface area contributed by atoms with Crippen LogP contribution in [0, 0.1) is 0 Å². The highest BCUT2D eigenvalue weighted by Gasteiger charge is 2.35. The number of furan rings is 1. The Hall–Kier alpha value is -1.16. The molecule has 0 amide bonds. The molecule has 0 bridgehead atoms. The molecule has 0 radical (unpaired) electrons. The van der Waals surface area contributed by atoms with Crippen LogP contribution in [0.25, 0.3) is 11.0 Å². The van der Waals surface area contributed by atoms with Crippen molar-refractivity contribution in [3.8, 4) is 0 Å². The molecule has 17 heavy (non-hydrogen) atoms. The third-order valence-corrected chi connectivity index (χ3v) is 2.82. The van der Waals surface area contributed by atoms with Crippen molar-refractivity contribution in [3.05, 3.63) is 34.5 Å². The lowest BCUT2D eigenvalue weighted by atomic mass is 10.0. The fraction of sp³-hybridized carbons (Fsp3) is 0.333. The Kier molecular flexibility index (Phi) is 3.08. The molecule has 0 N–H and O–H groups in total. The number of alkyl halides is 3. The van der Waals surface area contributed by atoms with Gasteiger partial charge >= 0.3 is 6.18 Å². The van der Waals surface area contributed by atoms with Crippen LogP contribution >= 0.6 is 11.6 Å². The van der Waals surface area contributed by atoms with Crippen molar-refractivity contribution in [1.29, 1.82) is 0 Å². The third kappa shape index (κ3) is 2.27. The summed E-state index contributed by atoms with van der Waals surface area (Å²) in [5, 5.41) is 0.536. The zero-order chi connectivity index (χ0) is 12.6. The number of hydrogen-bond acceptors (Lipinski definition) is 1. The van der Waals surface area contributed by atoms with E-state index in [2.05, 4.69) is 0 Å². The van der Waals surface area contributed by atoms with Crippen LogP contribution in [0.4, 0.5) is 13.2 Å². The van der Waals surface area contributed by atoms with Gasteiger partial charge in [-0.1, -0.05) is 24.9 Å². The first-order valence-electron chi connectivity index (χ1n) is 5.20. The summed E-state index contributed by atoms with van der Waals surface area (Å²) in [6.45, 7) is 1.91. The Bertz CT molecular complexity index is 542. The van der Waals surface area contributed by atoms with E-state index in [-0.39, 0.29) is 10.6 Å². The fourth-order valence-electron chi connectivity index (χ4n) is 1.81. The van der Waals surface area contributed by atoms with Crippen molar-refractivity contribution in [3.63, 3.8) is 0 Å². The third-order valence-electron chi connectivity index (χ3n) is 2.53. The smallest absolute Gasteiger partial charge is 0.420 e. The van der Waals surface area contributed by atoms with Crippen molar-refractivity contribution in [1.82, 2.24) is 0 Å². The van der Waals surface area contributed by atoms with Gasteiger partial charge in [0, 0.05) is 5.39 Å². The summed E-state index contributed by atoms with van der Waals surface area (Å²) in [6.07, 6.45) is -1.93. The molecule has 1 aromatic heterocycles. The molecule has 0 unspecified atom stereocenters. The molecule has 2 rings (SSSR count). The van der Waals surface area contributed by atoms with Gasteiger partial charge < -0.3 is 4.42 Å². The summed E-state index contributed by atoms with van der Waals surface area (Å²) in [4.78, 5) is 0. The van der Waals surface area contributed by atoms with Gasteiger partial charge in [0.2, 0.25) is 0 Å². The van der Waals surface area contributed by atoms with Gasteiger partial charge in [0.1, 0.15) is 11.8 Å². The van der Waals surface area contributed by atoms with Gasteiger partial charge in [0.15, 0.2) is 0 Å². The summed E-state index contributed by atoms with van der Waals surface area (Å²) in [6, 6.07) is 2.78. The van der Waals surface area contributed by atoms with Crippen molar-refractivity contribution in [2.45, 2.75) is 25.9 Å². The summed E-state index contributed by atoms with van der Waals surface area (Å²) in [5.41, 5.74) is -0.330. The van der Waals surface area contributed by atoms with E-state index in [9.17, 15) is 13.2 Å². The molecule has 2 aromatic rings. The van der Waals surface area contributed by atoms with Crippen LogP contribution < -0.4 is 0 Å². The van der Waals surface area contributed by atoms with Crippen molar-refractivity contribution in [2.24, 2.45) is 0 Å². The van der Waals surface area contributed by atoms with Crippen molar-refractivity contribution >= 4 is 22.6 Å². The Balaban J connectivity index is 2.71. The first kappa shape index (κ1) is 12.3. The molecule has 0 aliphatic rings. The van der Waals surface area contributed by atoms with Crippen LogP contribution in [-0.2, 0) is 12.6 Å². The summed E-state index contributed by atoms with van der Waals surface area (Å²) in [5.74, 6) is 0. The molecule has 0 saturated carbocycles. The summed E-state index contributed by atoms with van der Waals surface area (Å²) < 4.78 is 43.4. The Morgan fingerprint density at radius 1 is 1.29 bits per heavy atom. The first-order chi connectivity index (χ1) is 7.93. The fourth-order valence-corrected chi connectivity index (χ4v) is 2.00. The predicted octanol–water partition coefficient (Wildman–Crippen LogP) is 5.06. The number of aryl methyl sites for hydroxylation is 1. The van der Waals surface area contributed by atoms with Gasteiger partial charge in [-0.25, -0.2) is 0 Å². The van der Waals surface area contributed by atoms with Crippen LogP contribution in [0.1, 0.15) is 24.5 Å². The topological polar surface area (TPSA) is 13.1 Å². The Morgan fingerprint density at radius 2 is 2.00 bits per heavy atom. The molecular weight excluding hydrogens is 253 g/mol. The van der Waals surface area contributed by atoms with E-state index in [1.807, 2.05) is 6.92 Å². The Labute approximate surface area is 101 Å². The zero-order valence-corrected chi connectivity index (χ0v) is 9.82. The van der Waals surface area contributed by atoms with Gasteiger partial charge in [0.25, 0.3) is 0 Å². The quantitative estimate of drug-likeness (QED) is 0.737. The number of rotatable bonds is 2. The first-order valence-corrected chi connectivity index (χ1v) is 5.58. The minimum atomic E-state index is -4.43. The lowest BCUT2D eigenvalue weighted by molar-refractivity contribution is -0.136. The number of halogens is 4. The van der Waals surface area contributed by atoms with Crippen molar-refractivity contribution in [2.75, 3.05) is 0 Å². The second kappa shape index (κ2) is 4.26. The minimum Gasteiger partial charge on any atom is -0.462 e. The minimum absolute atomic E-state index is 0.192. The SMILES string of the molecule is CCCc1cc(C(F)(F)F)c2occ(Cl)c2c1. The standard InChI is InChI=1S/C12H10ClF3O/c1-2-3-7-4-8-10(13)6-17-11(8)9(5-7)12(14,15)16/h4-6H,2-3H2,1H3. The maximum Gasteiger partial charge on any atom is 0.420 e. The van der Waals surface area contributed by atoms with E-state index in [1.54, 1.807) is 6.07 Å². The van der Waals surface area contributed by atoms with Crippen LogP contribution in [0.15, 0.2) is 22.8 Å². The van der Waals surface area contributed by atoms with Gasteiger partial charge in [0.05, 0.1) is 10.6 Å². The van der Waals surface area contributed by atoms with Gasteiger partial charge in [-0.15, -0.1) is 0 Å². The lowest BCUT2D eigenvalue weighted by Crippen LogP contribution is -2.06. The molecule has 0 spiro atoms. The van der Waals surface area contributed by atoms with E-state index in [0.717, 1.165) is 18.8 Å². The molecule has 0 aliphatic carbocycles. The highest BCUT2D eigenvalue weighted by molar-refractivity contribution is 6.35. The number of hydrogen-bond donors (Lipinski definition) is 0. The summed E-state index contributed by atoms with van der Waals surface area (Å²) >= 11 is 5.81. The largest absolute Gasteiger partial charge is 0.462 e. The molecule has 1 aromatic carbocycles. The molecular formula is C12H10ClF3O. The molecule has 92 valence electrons. The van der Waals surface area contributed by atoms with E-state index in [4.69, 9.17) is 16.0 Å². The number of fused-ring (bicyclic) bond motifs is 1. The maximum atomic E-state index is 12.8. The highest BCUT2D eigenvalue weighted by atomic mass is 35.5. The monoisotopic (exact) mass is 262 g/mol. The molecule has 0 saturated heterocycles. The zero-order valence-electron chi connectivity index (χ0n) is 9.07. The second-order valence-corrected chi connectivity index (χ2v) is 4.26. The van der Waals surface area contributed by atoms with Crippen LogP contribution in [0.3, 0.4) is 0 Å². The van der Waals surface area contributed by atoms with Gasteiger partial charge in [-0.05, 0) is 24.1 Å². The molecule has 0 fully saturated rings. The number of benzene rings is 1. The predicted molar refractivity (Wildman–Crippen MR) is 60.2 cm³/mol. The van der Waals surface area contributed by atoms with Crippen molar-refractivity contribution < 1.29 is 17.6 Å². The van der Waals surface area contributed by atoms with E-state index in [1.165, 1.54) is 0 Å². The van der Waals surface area contributed by atoms with E-state index < -0.39 is 11.7 Å². The van der Waals surface area contributed by atoms with Gasteiger partial charge in [-0.2, -0.15) is 13.2 Å². The average Bonchev–Trinajstić information content (AvgIpc) is 2.59. The van der Waals surface area contributed by atoms with Crippen LogP contribution in [0.5, 0.6) is 0 Å². The highest BCUT2D eigenvalue weighted by Crippen LogP contribution is 2.38. The second-order valence-electron chi connectivity index (χ2n) is 3.85. The normalized spacial score (nSPS) is 12.3. The molecule has 1 heterocycles. The van der Waals surface area contributed by atoms with Crippen LogP contribution in [0.2, 0.25) is 5.02 Å². The average molecular weight is 263 g/mol. The lowest BCUT2D eigenvalue weighted by Gasteiger charge is -2.09. The van der Waals surface area contributed by atoms with Crippen LogP contribution in [-0.4, -0.2) is 0 Å². The molecule has 0 atom stereocenters. The summed E-state index contributed by atoms with van der Waals surface area (Å²) in [7, 11) is 0. The van der Waals surface area contributed by atoms with E-state index >= 15 is 0 Å². The molecule has 1 nitrogen and oxygen atoms in total.